The van der Waals surface area contributed by atoms with Gasteiger partial charge in [0.1, 0.15) is 5.75 Å². The second kappa shape index (κ2) is 8.15. The molecule has 136 valence electrons. The number of likely N-dealkylation sites (N-methyl/N-ethyl adjacent to an activating group) is 2. The molecule has 0 bridgehead atoms. The summed E-state index contributed by atoms with van der Waals surface area (Å²) in [6.07, 6.45) is 0. The molecule has 2 heterocycles. The van der Waals surface area contributed by atoms with Crippen LogP contribution in [0.3, 0.4) is 0 Å². The third-order valence-electron chi connectivity index (χ3n) is 5.38. The first-order chi connectivity index (χ1) is 12.0. The second-order valence-electron chi connectivity index (χ2n) is 7.41. The average Bonchev–Trinajstić information content (AvgIpc) is 2.62. The van der Waals surface area contributed by atoms with Gasteiger partial charge in [0.05, 0.1) is 11.6 Å². The molecule has 3 rings (SSSR count). The molecule has 1 aromatic carbocycles. The van der Waals surface area contributed by atoms with Gasteiger partial charge in [-0.3, -0.25) is 9.80 Å². The summed E-state index contributed by atoms with van der Waals surface area (Å²) in [6, 6.07) is 5.96. The average molecular weight is 343 g/mol. The molecule has 0 aromatic heterocycles. The summed E-state index contributed by atoms with van der Waals surface area (Å²) in [5.74, 6) is 0.372. The molecule has 0 aliphatic carbocycles. The van der Waals surface area contributed by atoms with Crippen LogP contribution >= 0.6 is 0 Å². The summed E-state index contributed by atoms with van der Waals surface area (Å²) in [7, 11) is 4.28. The molecule has 6 heteroatoms. The van der Waals surface area contributed by atoms with Crippen LogP contribution in [0.1, 0.15) is 16.7 Å². The largest absolute Gasteiger partial charge is 0.507 e. The molecule has 2 aliphatic heterocycles. The topological polar surface area (TPSA) is 57.0 Å². The molecule has 0 radical (unpaired) electrons. The van der Waals surface area contributed by atoms with E-state index < -0.39 is 0 Å². The van der Waals surface area contributed by atoms with Crippen molar-refractivity contribution < 1.29 is 5.11 Å². The molecule has 2 aliphatic rings. The van der Waals surface area contributed by atoms with Crippen LogP contribution in [0.4, 0.5) is 0 Å². The van der Waals surface area contributed by atoms with Crippen LogP contribution in [0.25, 0.3) is 0 Å². The fraction of sp³-hybridized carbons (Fsp3) is 0.632. The number of benzene rings is 1. The fourth-order valence-corrected chi connectivity index (χ4v) is 3.56. The van der Waals surface area contributed by atoms with Crippen LogP contribution in [0.5, 0.6) is 5.75 Å². The van der Waals surface area contributed by atoms with E-state index in [2.05, 4.69) is 39.8 Å². The molecule has 1 N–H and O–H groups in total. The number of aromatic hydroxyl groups is 1. The standard InChI is InChI=1S/C19H29N5O/c1-21-3-7-23(8-4-21)14-17-11-16(13-20)12-18(19(17)25)15-24-9-5-22(2)6-10-24/h11-12,25H,3-10,14-15H2,1-2H3. The van der Waals surface area contributed by atoms with E-state index in [-0.39, 0.29) is 0 Å². The molecular formula is C19H29N5O. The lowest BCUT2D eigenvalue weighted by atomic mass is 10.0. The normalized spacial score (nSPS) is 21.3. The molecule has 0 amide bonds. The van der Waals surface area contributed by atoms with Crippen LogP contribution in [0.2, 0.25) is 0 Å². The molecule has 6 nitrogen and oxygen atoms in total. The lowest BCUT2D eigenvalue weighted by molar-refractivity contribution is 0.144. The second-order valence-corrected chi connectivity index (χ2v) is 7.41. The lowest BCUT2D eigenvalue weighted by Crippen LogP contribution is -2.44. The fourth-order valence-electron chi connectivity index (χ4n) is 3.56. The van der Waals surface area contributed by atoms with Gasteiger partial charge < -0.3 is 14.9 Å². The third-order valence-corrected chi connectivity index (χ3v) is 5.38. The van der Waals surface area contributed by atoms with E-state index in [1.807, 2.05) is 12.1 Å². The Bertz CT molecular complexity index is 580. The summed E-state index contributed by atoms with van der Waals surface area (Å²) in [4.78, 5) is 9.35. The summed E-state index contributed by atoms with van der Waals surface area (Å²) in [5, 5.41) is 20.2. The van der Waals surface area contributed by atoms with E-state index in [1.165, 1.54) is 0 Å². The Morgan fingerprint density at radius 2 is 1.24 bits per heavy atom. The van der Waals surface area contributed by atoms with Crippen molar-refractivity contribution in [3.8, 4) is 11.8 Å². The third kappa shape index (κ3) is 4.71. The van der Waals surface area contributed by atoms with Crippen molar-refractivity contribution in [2.45, 2.75) is 13.1 Å². The predicted molar refractivity (Wildman–Crippen MR) is 98.4 cm³/mol. The van der Waals surface area contributed by atoms with E-state index in [0.717, 1.165) is 63.5 Å². The Hall–Kier alpha value is -1.65. The summed E-state index contributed by atoms with van der Waals surface area (Å²) >= 11 is 0. The van der Waals surface area contributed by atoms with Crippen molar-refractivity contribution in [3.63, 3.8) is 0 Å². The quantitative estimate of drug-likeness (QED) is 0.871. The van der Waals surface area contributed by atoms with E-state index >= 15 is 0 Å². The molecule has 25 heavy (non-hydrogen) atoms. The first-order valence-corrected chi connectivity index (χ1v) is 9.12. The number of nitriles is 1. The Morgan fingerprint density at radius 3 is 1.60 bits per heavy atom. The number of phenols is 1. The van der Waals surface area contributed by atoms with Crippen molar-refractivity contribution in [3.05, 3.63) is 28.8 Å². The monoisotopic (exact) mass is 343 g/mol. The molecule has 0 atom stereocenters. The smallest absolute Gasteiger partial charge is 0.124 e. The van der Waals surface area contributed by atoms with E-state index in [0.29, 0.717) is 24.4 Å². The molecular weight excluding hydrogens is 314 g/mol. The van der Waals surface area contributed by atoms with Crippen LogP contribution < -0.4 is 0 Å². The van der Waals surface area contributed by atoms with Crippen molar-refractivity contribution in [1.82, 2.24) is 19.6 Å². The minimum absolute atomic E-state index is 0.372. The molecule has 0 spiro atoms. The number of rotatable bonds is 4. The van der Waals surface area contributed by atoms with Gasteiger partial charge in [0.25, 0.3) is 0 Å². The molecule has 2 fully saturated rings. The van der Waals surface area contributed by atoms with Gasteiger partial charge in [0.2, 0.25) is 0 Å². The number of hydrogen-bond donors (Lipinski definition) is 1. The summed E-state index contributed by atoms with van der Waals surface area (Å²) in [5.41, 5.74) is 2.41. The molecule has 0 saturated carbocycles. The van der Waals surface area contributed by atoms with E-state index in [4.69, 9.17) is 0 Å². The molecule has 0 unspecified atom stereocenters. The van der Waals surface area contributed by atoms with Crippen LogP contribution in [-0.4, -0.2) is 91.2 Å². The lowest BCUT2D eigenvalue weighted by Gasteiger charge is -2.33. The van der Waals surface area contributed by atoms with E-state index in [1.54, 1.807) is 0 Å². The van der Waals surface area contributed by atoms with Gasteiger partial charge in [-0.2, -0.15) is 5.26 Å². The predicted octanol–water partition coefficient (Wildman–Crippen LogP) is 0.759. The van der Waals surface area contributed by atoms with Gasteiger partial charge in [-0.15, -0.1) is 0 Å². The minimum atomic E-state index is 0.372. The highest BCUT2D eigenvalue weighted by Crippen LogP contribution is 2.28. The van der Waals surface area contributed by atoms with Crippen LogP contribution in [-0.2, 0) is 13.1 Å². The number of hydrogen-bond acceptors (Lipinski definition) is 6. The van der Waals surface area contributed by atoms with Crippen molar-refractivity contribution >= 4 is 0 Å². The van der Waals surface area contributed by atoms with Crippen molar-refractivity contribution in [1.29, 1.82) is 5.26 Å². The first kappa shape index (κ1) is 18.2. The zero-order valence-corrected chi connectivity index (χ0v) is 15.4. The van der Waals surface area contributed by atoms with Crippen LogP contribution in [0, 0.1) is 11.3 Å². The van der Waals surface area contributed by atoms with Gasteiger partial charge in [-0.1, -0.05) is 0 Å². The maximum Gasteiger partial charge on any atom is 0.124 e. The summed E-state index contributed by atoms with van der Waals surface area (Å²) in [6.45, 7) is 9.62. The Morgan fingerprint density at radius 1 is 0.840 bits per heavy atom. The number of phenolic OH excluding ortho intramolecular Hbond substituents is 1. The number of piperazine rings is 2. The first-order valence-electron chi connectivity index (χ1n) is 9.12. The summed E-state index contributed by atoms with van der Waals surface area (Å²) < 4.78 is 0. The maximum absolute atomic E-state index is 10.8. The highest BCUT2D eigenvalue weighted by molar-refractivity contribution is 5.47. The minimum Gasteiger partial charge on any atom is -0.507 e. The number of nitrogens with zero attached hydrogens (tertiary/aromatic N) is 5. The zero-order valence-electron chi connectivity index (χ0n) is 15.4. The van der Waals surface area contributed by atoms with Crippen LogP contribution in [0.15, 0.2) is 12.1 Å². The highest BCUT2D eigenvalue weighted by atomic mass is 16.3. The van der Waals surface area contributed by atoms with Gasteiger partial charge in [-0.25, -0.2) is 0 Å². The highest BCUT2D eigenvalue weighted by Gasteiger charge is 2.20. The van der Waals surface area contributed by atoms with E-state index in [9.17, 15) is 10.4 Å². The van der Waals surface area contributed by atoms with Crippen molar-refractivity contribution in [2.24, 2.45) is 0 Å². The van der Waals surface area contributed by atoms with Gasteiger partial charge in [0, 0.05) is 76.6 Å². The van der Waals surface area contributed by atoms with Gasteiger partial charge in [0.15, 0.2) is 0 Å². The Labute approximate surface area is 150 Å². The van der Waals surface area contributed by atoms with Gasteiger partial charge >= 0.3 is 0 Å². The SMILES string of the molecule is CN1CCN(Cc2cc(C#N)cc(CN3CCN(C)CC3)c2O)CC1. The Balaban J connectivity index is 1.73. The van der Waals surface area contributed by atoms with Gasteiger partial charge in [-0.05, 0) is 26.2 Å². The molecule has 2 saturated heterocycles. The Kier molecular flexibility index (Phi) is 5.92. The maximum atomic E-state index is 10.8. The molecule has 1 aromatic rings. The zero-order chi connectivity index (χ0) is 17.8. The van der Waals surface area contributed by atoms with Crippen molar-refractivity contribution in [2.75, 3.05) is 66.5 Å².